The average Bonchev–Trinajstić information content (AvgIpc) is 3.50. The van der Waals surface area contributed by atoms with Crippen molar-refractivity contribution in [2.45, 2.75) is 62.8 Å². The van der Waals surface area contributed by atoms with E-state index in [1.54, 1.807) is 43.3 Å². The number of likely N-dealkylation sites (tertiary alicyclic amines) is 1. The minimum atomic E-state index is -1.23. The number of rotatable bonds is 11. The normalized spacial score (nSPS) is 30.6. The van der Waals surface area contributed by atoms with Crippen LogP contribution in [0.2, 0.25) is 5.02 Å². The molecule has 3 aliphatic heterocycles. The molecule has 0 radical (unpaired) electrons. The Kier molecular flexibility index (Phi) is 7.83. The first kappa shape index (κ1) is 27.4. The molecule has 37 heavy (non-hydrogen) atoms. The summed E-state index contributed by atoms with van der Waals surface area (Å²) < 4.78 is 12.3. The summed E-state index contributed by atoms with van der Waals surface area (Å²) in [6.07, 6.45) is 5.19. The molecule has 3 heterocycles. The molecule has 2 bridgehead atoms. The number of amides is 2. The van der Waals surface area contributed by atoms with Gasteiger partial charge in [-0.1, -0.05) is 42.8 Å². The number of aliphatic hydroxyl groups is 1. The number of carbonyl (C=O) groups excluding carboxylic acids is 3. The van der Waals surface area contributed by atoms with Crippen molar-refractivity contribution in [3.05, 3.63) is 54.6 Å². The number of nitrogens with zero attached hydrogens (tertiary/aromatic N) is 2. The molecular weight excluding hydrogens is 496 g/mol. The summed E-state index contributed by atoms with van der Waals surface area (Å²) in [5.74, 6) is -3.00. The van der Waals surface area contributed by atoms with Crippen molar-refractivity contribution in [3.8, 4) is 0 Å². The maximum atomic E-state index is 14.4. The van der Waals surface area contributed by atoms with Crippen LogP contribution >= 0.6 is 11.6 Å². The standard InChI is InChI=1S/C28H35ClN2O6/c1-5-8-16-36-26(35)22-21-24(33)31(18(4)17-32)23(28(21)14-13-27(22,7-3)37-28)25(34)30(15-6-2)20-12-10-9-11-19(20)29/h5-6,9-12,18,21-23,32H,1-2,7-8,13-17H2,3-4H3/t18-,21+,22-,23?,27+,28?/m1/s1. The molecule has 6 atom stereocenters. The van der Waals surface area contributed by atoms with Crippen molar-refractivity contribution in [2.75, 3.05) is 24.7 Å². The van der Waals surface area contributed by atoms with E-state index in [1.807, 2.05) is 6.92 Å². The molecule has 1 aromatic rings. The lowest BCUT2D eigenvalue weighted by molar-refractivity contribution is -0.161. The Balaban J connectivity index is 1.82. The fourth-order valence-corrected chi connectivity index (χ4v) is 6.68. The molecule has 3 fully saturated rings. The van der Waals surface area contributed by atoms with Gasteiger partial charge in [-0.05, 0) is 44.7 Å². The zero-order valence-electron chi connectivity index (χ0n) is 21.4. The van der Waals surface area contributed by atoms with E-state index in [4.69, 9.17) is 21.1 Å². The molecule has 2 amide bonds. The highest BCUT2D eigenvalue weighted by molar-refractivity contribution is 6.34. The minimum absolute atomic E-state index is 0.154. The van der Waals surface area contributed by atoms with Gasteiger partial charge in [0.05, 0.1) is 41.5 Å². The highest BCUT2D eigenvalue weighted by Crippen LogP contribution is 2.65. The van der Waals surface area contributed by atoms with E-state index in [0.717, 1.165) is 0 Å². The number of aliphatic hydroxyl groups excluding tert-OH is 1. The van der Waals surface area contributed by atoms with Crippen LogP contribution in [0.5, 0.6) is 0 Å². The number of fused-ring (bicyclic) bond motifs is 1. The summed E-state index contributed by atoms with van der Waals surface area (Å²) in [4.78, 5) is 44.8. The molecule has 3 saturated heterocycles. The van der Waals surface area contributed by atoms with Gasteiger partial charge < -0.3 is 24.4 Å². The SMILES string of the molecule is C=CCCOC(=O)[C@H]1[C@H]2C(=O)N([C@H](C)CO)C(C(=O)N(CC=C)c3ccccc3Cl)C23CC[C@]1(CC)O3. The topological polar surface area (TPSA) is 96.4 Å². The van der Waals surface area contributed by atoms with Crippen LogP contribution in [0.4, 0.5) is 5.69 Å². The molecule has 4 rings (SSSR count). The zero-order valence-corrected chi connectivity index (χ0v) is 22.2. The third-order valence-electron chi connectivity index (χ3n) is 8.13. The predicted octanol–water partition coefficient (Wildman–Crippen LogP) is 3.51. The van der Waals surface area contributed by atoms with Gasteiger partial charge >= 0.3 is 5.97 Å². The number of para-hydroxylation sites is 1. The first-order valence-electron chi connectivity index (χ1n) is 12.8. The smallest absolute Gasteiger partial charge is 0.312 e. The van der Waals surface area contributed by atoms with Crippen LogP contribution in [0.3, 0.4) is 0 Å². The van der Waals surface area contributed by atoms with E-state index in [1.165, 1.54) is 9.80 Å². The van der Waals surface area contributed by atoms with Crippen LogP contribution in [-0.2, 0) is 23.9 Å². The Morgan fingerprint density at radius 3 is 2.68 bits per heavy atom. The summed E-state index contributed by atoms with van der Waals surface area (Å²) in [6.45, 7) is 11.0. The largest absolute Gasteiger partial charge is 0.465 e. The molecule has 2 unspecified atom stereocenters. The predicted molar refractivity (Wildman–Crippen MR) is 140 cm³/mol. The van der Waals surface area contributed by atoms with E-state index in [9.17, 15) is 19.5 Å². The first-order chi connectivity index (χ1) is 17.7. The monoisotopic (exact) mass is 530 g/mol. The zero-order chi connectivity index (χ0) is 27.0. The molecule has 3 aliphatic rings. The first-order valence-corrected chi connectivity index (χ1v) is 13.2. The molecular formula is C28H35ClN2O6. The van der Waals surface area contributed by atoms with E-state index in [2.05, 4.69) is 13.2 Å². The van der Waals surface area contributed by atoms with Gasteiger partial charge in [-0.15, -0.1) is 13.2 Å². The third-order valence-corrected chi connectivity index (χ3v) is 8.45. The molecule has 1 N–H and O–H groups in total. The number of hydrogen-bond acceptors (Lipinski definition) is 6. The van der Waals surface area contributed by atoms with Crippen molar-refractivity contribution in [1.29, 1.82) is 0 Å². The summed E-state index contributed by atoms with van der Waals surface area (Å²) in [5, 5.41) is 10.4. The molecule has 200 valence electrons. The average molecular weight is 531 g/mol. The van der Waals surface area contributed by atoms with Gasteiger partial charge in [-0.3, -0.25) is 14.4 Å². The van der Waals surface area contributed by atoms with Crippen molar-refractivity contribution in [3.63, 3.8) is 0 Å². The van der Waals surface area contributed by atoms with E-state index in [-0.39, 0.29) is 25.7 Å². The molecule has 1 spiro atoms. The second kappa shape index (κ2) is 10.6. The second-order valence-corrected chi connectivity index (χ2v) is 10.5. The maximum absolute atomic E-state index is 14.4. The summed E-state index contributed by atoms with van der Waals surface area (Å²) in [6, 6.07) is 5.24. The Bertz CT molecular complexity index is 1090. The van der Waals surface area contributed by atoms with Gasteiger partial charge in [0.15, 0.2) is 0 Å². The number of carbonyl (C=O) groups is 3. The number of hydrogen-bond donors (Lipinski definition) is 1. The van der Waals surface area contributed by atoms with Gasteiger partial charge in [-0.25, -0.2) is 0 Å². The summed E-state index contributed by atoms with van der Waals surface area (Å²) in [5.41, 5.74) is -1.64. The van der Waals surface area contributed by atoms with Gasteiger partial charge in [0.2, 0.25) is 5.91 Å². The Morgan fingerprint density at radius 1 is 1.32 bits per heavy atom. The van der Waals surface area contributed by atoms with Crippen LogP contribution in [0, 0.1) is 11.8 Å². The minimum Gasteiger partial charge on any atom is -0.465 e. The van der Waals surface area contributed by atoms with Gasteiger partial charge in [-0.2, -0.15) is 0 Å². The molecule has 8 nitrogen and oxygen atoms in total. The van der Waals surface area contributed by atoms with Gasteiger partial charge in [0.1, 0.15) is 17.6 Å². The molecule has 0 aliphatic carbocycles. The lowest BCUT2D eigenvalue weighted by Crippen LogP contribution is -2.58. The van der Waals surface area contributed by atoms with Crippen LogP contribution in [0.1, 0.15) is 39.5 Å². The van der Waals surface area contributed by atoms with E-state index in [0.29, 0.717) is 36.4 Å². The van der Waals surface area contributed by atoms with Gasteiger partial charge in [0, 0.05) is 6.54 Å². The molecule has 0 saturated carbocycles. The highest BCUT2D eigenvalue weighted by Gasteiger charge is 2.79. The van der Waals surface area contributed by atoms with Crippen molar-refractivity contribution in [1.82, 2.24) is 4.90 Å². The highest BCUT2D eigenvalue weighted by atomic mass is 35.5. The van der Waals surface area contributed by atoms with Crippen LogP contribution < -0.4 is 4.90 Å². The van der Waals surface area contributed by atoms with Crippen molar-refractivity contribution >= 4 is 35.1 Å². The van der Waals surface area contributed by atoms with Crippen LogP contribution in [-0.4, -0.2) is 70.8 Å². The van der Waals surface area contributed by atoms with Crippen molar-refractivity contribution in [2.24, 2.45) is 11.8 Å². The quantitative estimate of drug-likeness (QED) is 0.267. The number of esters is 1. The van der Waals surface area contributed by atoms with Gasteiger partial charge in [0.25, 0.3) is 5.91 Å². The molecule has 0 aromatic heterocycles. The lowest BCUT2D eigenvalue weighted by atomic mass is 9.65. The number of ether oxygens (including phenoxy) is 2. The van der Waals surface area contributed by atoms with Crippen LogP contribution in [0.25, 0.3) is 0 Å². The molecule has 1 aromatic carbocycles. The summed E-state index contributed by atoms with van der Waals surface area (Å²) >= 11 is 6.47. The van der Waals surface area contributed by atoms with E-state index >= 15 is 0 Å². The Labute approximate surface area is 222 Å². The van der Waals surface area contributed by atoms with Crippen LogP contribution in [0.15, 0.2) is 49.6 Å². The lowest BCUT2D eigenvalue weighted by Gasteiger charge is -2.38. The Hall–Kier alpha value is -2.68. The molecule has 9 heteroatoms. The maximum Gasteiger partial charge on any atom is 0.312 e. The Morgan fingerprint density at radius 2 is 2.05 bits per heavy atom. The number of anilines is 1. The summed E-state index contributed by atoms with van der Waals surface area (Å²) in [7, 11) is 0. The van der Waals surface area contributed by atoms with Crippen molar-refractivity contribution < 1.29 is 29.0 Å². The fourth-order valence-electron chi connectivity index (χ4n) is 6.44. The second-order valence-electron chi connectivity index (χ2n) is 10.0. The number of benzene rings is 1. The number of halogens is 1. The fraction of sp³-hybridized carbons (Fsp3) is 0.536. The third kappa shape index (κ3) is 4.19. The van der Waals surface area contributed by atoms with E-state index < -0.39 is 47.0 Å².